The number of rotatable bonds is 2. The molecule has 2 aliphatic rings. The van der Waals surface area contributed by atoms with Crippen LogP contribution in [-0.2, 0) is 6.42 Å². The predicted octanol–water partition coefficient (Wildman–Crippen LogP) is 5.75. The summed E-state index contributed by atoms with van der Waals surface area (Å²) in [6, 6.07) is 17.3. The summed E-state index contributed by atoms with van der Waals surface area (Å²) < 4.78 is 0. The SMILES string of the molecule is Clc1ccc(C(Br)C2C3CCc4ccccc4C32)cc1. The minimum absolute atomic E-state index is 0.445. The van der Waals surface area contributed by atoms with Crippen molar-refractivity contribution in [2.45, 2.75) is 23.6 Å². The van der Waals surface area contributed by atoms with Crippen molar-refractivity contribution in [3.8, 4) is 0 Å². The smallest absolute Gasteiger partial charge is 0.0432 e. The average molecular weight is 348 g/mol. The first-order chi connectivity index (χ1) is 9.75. The Balaban J connectivity index is 1.62. The average Bonchev–Trinajstić information content (AvgIpc) is 3.22. The Hall–Kier alpha value is -0.790. The van der Waals surface area contributed by atoms with Gasteiger partial charge in [-0.2, -0.15) is 0 Å². The van der Waals surface area contributed by atoms with Gasteiger partial charge in [0.25, 0.3) is 0 Å². The maximum absolute atomic E-state index is 5.99. The van der Waals surface area contributed by atoms with Crippen molar-refractivity contribution in [3.05, 3.63) is 70.2 Å². The molecule has 0 N–H and O–H groups in total. The number of fused-ring (bicyclic) bond motifs is 3. The van der Waals surface area contributed by atoms with E-state index < -0.39 is 0 Å². The van der Waals surface area contributed by atoms with Gasteiger partial charge in [0, 0.05) is 9.85 Å². The topological polar surface area (TPSA) is 0 Å². The zero-order valence-corrected chi connectivity index (χ0v) is 13.4. The summed E-state index contributed by atoms with van der Waals surface area (Å²) >= 11 is 9.92. The first kappa shape index (κ1) is 12.9. The second-order valence-corrected chi connectivity index (χ2v) is 7.38. The van der Waals surface area contributed by atoms with Crippen molar-refractivity contribution in [1.29, 1.82) is 0 Å². The first-order valence-electron chi connectivity index (χ1n) is 7.23. The lowest BCUT2D eigenvalue weighted by atomic mass is 9.92. The summed E-state index contributed by atoms with van der Waals surface area (Å²) in [5.41, 5.74) is 4.51. The quantitative estimate of drug-likeness (QED) is 0.607. The molecular weight excluding hydrogens is 332 g/mol. The fraction of sp³-hybridized carbons (Fsp3) is 0.333. The highest BCUT2D eigenvalue weighted by molar-refractivity contribution is 9.09. The van der Waals surface area contributed by atoms with Gasteiger partial charge in [0.1, 0.15) is 0 Å². The molecule has 102 valence electrons. The number of alkyl halides is 1. The summed E-state index contributed by atoms with van der Waals surface area (Å²) in [7, 11) is 0. The van der Waals surface area contributed by atoms with Crippen LogP contribution in [-0.4, -0.2) is 0 Å². The van der Waals surface area contributed by atoms with Crippen molar-refractivity contribution >= 4 is 27.5 Å². The Morgan fingerprint density at radius 1 is 1.05 bits per heavy atom. The van der Waals surface area contributed by atoms with Crippen molar-refractivity contribution in [3.63, 3.8) is 0 Å². The zero-order valence-electron chi connectivity index (χ0n) is 11.1. The molecule has 0 amide bonds. The van der Waals surface area contributed by atoms with E-state index in [-0.39, 0.29) is 0 Å². The number of halogens is 2. The fourth-order valence-corrected chi connectivity index (χ4v) is 5.04. The number of hydrogen-bond donors (Lipinski definition) is 0. The van der Waals surface area contributed by atoms with E-state index in [9.17, 15) is 0 Å². The maximum atomic E-state index is 5.99. The lowest BCUT2D eigenvalue weighted by Crippen LogP contribution is -2.00. The standard InChI is InChI=1S/C18H16BrCl/c19-18(12-5-8-13(20)9-6-12)17-15-10-7-11-3-1-2-4-14(11)16(15)17/h1-6,8-9,15-18H,7,10H2. The van der Waals surface area contributed by atoms with Crippen LogP contribution >= 0.6 is 27.5 Å². The second kappa shape index (κ2) is 4.89. The molecule has 0 radical (unpaired) electrons. The van der Waals surface area contributed by atoms with Gasteiger partial charge in [0.15, 0.2) is 0 Å². The van der Waals surface area contributed by atoms with Gasteiger partial charge in [-0.3, -0.25) is 0 Å². The summed E-state index contributed by atoms with van der Waals surface area (Å²) in [4.78, 5) is 0.445. The minimum Gasteiger partial charge on any atom is -0.0843 e. The molecule has 0 saturated heterocycles. The summed E-state index contributed by atoms with van der Waals surface area (Å²) in [6.07, 6.45) is 2.58. The molecule has 1 fully saturated rings. The van der Waals surface area contributed by atoms with Crippen LogP contribution in [0.4, 0.5) is 0 Å². The first-order valence-corrected chi connectivity index (χ1v) is 8.52. The van der Waals surface area contributed by atoms with Crippen molar-refractivity contribution in [2.75, 3.05) is 0 Å². The third-order valence-corrected chi connectivity index (χ3v) is 6.31. The number of hydrogen-bond acceptors (Lipinski definition) is 0. The van der Waals surface area contributed by atoms with Crippen LogP contribution in [0.1, 0.15) is 33.9 Å². The van der Waals surface area contributed by atoms with Gasteiger partial charge >= 0.3 is 0 Å². The molecular formula is C18H16BrCl. The molecule has 2 aliphatic carbocycles. The molecule has 0 bridgehead atoms. The van der Waals surface area contributed by atoms with Crippen LogP contribution in [0.15, 0.2) is 48.5 Å². The van der Waals surface area contributed by atoms with E-state index in [2.05, 4.69) is 52.3 Å². The third kappa shape index (κ3) is 2.03. The normalized spacial score (nSPS) is 28.4. The summed E-state index contributed by atoms with van der Waals surface area (Å²) in [6.45, 7) is 0. The lowest BCUT2D eigenvalue weighted by Gasteiger charge is -2.13. The summed E-state index contributed by atoms with van der Waals surface area (Å²) in [5, 5.41) is 0.812. The van der Waals surface area contributed by atoms with Crippen LogP contribution in [0, 0.1) is 11.8 Å². The Labute approximate surface area is 133 Å². The molecule has 1 saturated carbocycles. The van der Waals surface area contributed by atoms with E-state index in [0.717, 1.165) is 22.8 Å². The molecule has 0 aromatic heterocycles. The van der Waals surface area contributed by atoms with Crippen molar-refractivity contribution in [1.82, 2.24) is 0 Å². The van der Waals surface area contributed by atoms with Crippen LogP contribution in [0.2, 0.25) is 5.02 Å². The van der Waals surface area contributed by atoms with Gasteiger partial charge in [0.05, 0.1) is 0 Å². The molecule has 4 unspecified atom stereocenters. The van der Waals surface area contributed by atoms with E-state index >= 15 is 0 Å². The Morgan fingerprint density at radius 2 is 1.80 bits per heavy atom. The monoisotopic (exact) mass is 346 g/mol. The minimum atomic E-state index is 0.445. The highest BCUT2D eigenvalue weighted by Gasteiger charge is 2.55. The molecule has 4 atom stereocenters. The van der Waals surface area contributed by atoms with Crippen LogP contribution in [0.5, 0.6) is 0 Å². The van der Waals surface area contributed by atoms with Crippen LogP contribution < -0.4 is 0 Å². The van der Waals surface area contributed by atoms with E-state index in [0.29, 0.717) is 4.83 Å². The molecule has 2 aromatic carbocycles. The van der Waals surface area contributed by atoms with Crippen LogP contribution in [0.3, 0.4) is 0 Å². The fourth-order valence-electron chi connectivity index (χ4n) is 3.89. The zero-order chi connectivity index (χ0) is 13.7. The van der Waals surface area contributed by atoms with Crippen LogP contribution in [0.25, 0.3) is 0 Å². The van der Waals surface area contributed by atoms with E-state index in [4.69, 9.17) is 11.6 Å². The number of benzene rings is 2. The van der Waals surface area contributed by atoms with E-state index in [1.807, 2.05) is 12.1 Å². The maximum Gasteiger partial charge on any atom is 0.0432 e. The molecule has 0 heterocycles. The second-order valence-electron chi connectivity index (χ2n) is 5.96. The molecule has 20 heavy (non-hydrogen) atoms. The molecule has 4 rings (SSSR count). The molecule has 0 spiro atoms. The molecule has 0 aliphatic heterocycles. The third-order valence-electron chi connectivity index (χ3n) is 4.92. The van der Waals surface area contributed by atoms with Gasteiger partial charge in [-0.25, -0.2) is 0 Å². The van der Waals surface area contributed by atoms with E-state index in [1.54, 1.807) is 11.1 Å². The predicted molar refractivity (Wildman–Crippen MR) is 87.6 cm³/mol. The Morgan fingerprint density at radius 3 is 2.60 bits per heavy atom. The molecule has 2 heteroatoms. The Bertz CT molecular complexity index is 634. The van der Waals surface area contributed by atoms with Crippen molar-refractivity contribution in [2.24, 2.45) is 11.8 Å². The lowest BCUT2D eigenvalue weighted by molar-refractivity contribution is 0.627. The van der Waals surface area contributed by atoms with Crippen molar-refractivity contribution < 1.29 is 0 Å². The highest BCUT2D eigenvalue weighted by atomic mass is 79.9. The van der Waals surface area contributed by atoms with E-state index in [1.165, 1.54) is 18.4 Å². The van der Waals surface area contributed by atoms with Gasteiger partial charge in [-0.05, 0) is 59.4 Å². The largest absolute Gasteiger partial charge is 0.0843 e. The summed E-state index contributed by atoms with van der Waals surface area (Å²) in [5.74, 6) is 2.34. The molecule has 0 nitrogen and oxygen atoms in total. The van der Waals surface area contributed by atoms with Gasteiger partial charge in [0.2, 0.25) is 0 Å². The molecule has 2 aromatic rings. The number of aryl methyl sites for hydroxylation is 1. The Kier molecular flexibility index (Phi) is 3.16. The van der Waals surface area contributed by atoms with Gasteiger partial charge < -0.3 is 0 Å². The highest BCUT2D eigenvalue weighted by Crippen LogP contribution is 2.66. The van der Waals surface area contributed by atoms with Gasteiger partial charge in [-0.15, -0.1) is 0 Å². The van der Waals surface area contributed by atoms with Gasteiger partial charge in [-0.1, -0.05) is 63.9 Å².